The number of carbonyl (C=O) groups is 2. The fraction of sp³-hybridized carbons (Fsp3) is 0.368. The Morgan fingerprint density at radius 1 is 1.08 bits per heavy atom. The van der Waals surface area contributed by atoms with Gasteiger partial charge in [0.15, 0.2) is 18.1 Å². The number of ether oxygens (including phenoxy) is 2. The van der Waals surface area contributed by atoms with Gasteiger partial charge in [0.05, 0.1) is 11.5 Å². The van der Waals surface area contributed by atoms with E-state index in [1.165, 1.54) is 34.6 Å². The number of hydrogen-bond acceptors (Lipinski definition) is 5. The van der Waals surface area contributed by atoms with Crippen LogP contribution in [-0.2, 0) is 17.6 Å². The van der Waals surface area contributed by atoms with Crippen LogP contribution in [0.1, 0.15) is 39.9 Å². The molecule has 2 amide bonds. The van der Waals surface area contributed by atoms with Crippen LogP contribution in [0.2, 0.25) is 0 Å². The number of aryl methyl sites for hydroxylation is 2. The molecule has 1 aromatic heterocycles. The van der Waals surface area contributed by atoms with Crippen molar-refractivity contribution in [1.82, 2.24) is 10.9 Å². The van der Waals surface area contributed by atoms with Gasteiger partial charge in [-0.15, -0.1) is 11.3 Å². The van der Waals surface area contributed by atoms with Crippen molar-refractivity contribution in [3.8, 4) is 11.5 Å². The molecule has 138 valence electrons. The molecule has 0 saturated carbocycles. The lowest BCUT2D eigenvalue weighted by Crippen LogP contribution is -2.43. The summed E-state index contributed by atoms with van der Waals surface area (Å²) >= 11 is 1.50. The van der Waals surface area contributed by atoms with Gasteiger partial charge in [-0.25, -0.2) is 0 Å². The van der Waals surface area contributed by atoms with Gasteiger partial charge in [0.1, 0.15) is 0 Å². The number of thiophene rings is 1. The number of hydrazine groups is 1. The number of carbonyl (C=O) groups excluding carboxylic acids is 2. The molecule has 0 unspecified atom stereocenters. The largest absolute Gasteiger partial charge is 0.490 e. The van der Waals surface area contributed by atoms with Gasteiger partial charge in [-0.05, 0) is 56.4 Å². The van der Waals surface area contributed by atoms with Crippen LogP contribution in [0.25, 0.3) is 0 Å². The molecular formula is C19H22N2O4S. The number of para-hydroxylation sites is 2. The summed E-state index contributed by atoms with van der Waals surface area (Å²) < 4.78 is 10.9. The second-order valence-electron chi connectivity index (χ2n) is 5.94. The normalized spacial score (nSPS) is 12.8. The smallest absolute Gasteiger partial charge is 0.279 e. The highest BCUT2D eigenvalue weighted by molar-refractivity contribution is 7.14. The Morgan fingerprint density at radius 3 is 2.54 bits per heavy atom. The Balaban J connectivity index is 1.48. The number of benzene rings is 1. The number of nitrogens with one attached hydrogen (secondary N) is 2. The van der Waals surface area contributed by atoms with Crippen molar-refractivity contribution in [2.24, 2.45) is 0 Å². The van der Waals surface area contributed by atoms with Crippen molar-refractivity contribution in [1.29, 1.82) is 0 Å². The first-order chi connectivity index (χ1) is 12.7. The van der Waals surface area contributed by atoms with Gasteiger partial charge in [0, 0.05) is 4.88 Å². The highest BCUT2D eigenvalue weighted by atomic mass is 32.1. The van der Waals surface area contributed by atoms with Crippen LogP contribution < -0.4 is 20.3 Å². The SMILES string of the molecule is CCOc1ccccc1OCC(=O)NNC(=O)c1cc2c(s1)CCCC2. The van der Waals surface area contributed by atoms with Crippen molar-refractivity contribution in [2.45, 2.75) is 32.6 Å². The number of amides is 2. The number of rotatable bonds is 6. The van der Waals surface area contributed by atoms with Gasteiger partial charge < -0.3 is 9.47 Å². The van der Waals surface area contributed by atoms with Crippen molar-refractivity contribution >= 4 is 23.2 Å². The Kier molecular flexibility index (Phi) is 6.12. The van der Waals surface area contributed by atoms with E-state index in [1.807, 2.05) is 19.1 Å². The molecule has 0 saturated heterocycles. The standard InChI is InChI=1S/C19H22N2O4S/c1-2-24-14-8-4-5-9-15(14)25-12-18(22)20-21-19(23)17-11-13-7-3-6-10-16(13)26-17/h4-5,8-9,11H,2-3,6-7,10,12H2,1H3,(H,20,22)(H,21,23). The zero-order valence-corrected chi connectivity index (χ0v) is 15.5. The Labute approximate surface area is 156 Å². The summed E-state index contributed by atoms with van der Waals surface area (Å²) in [6.07, 6.45) is 4.40. The third-order valence-electron chi connectivity index (χ3n) is 4.04. The molecule has 0 radical (unpaired) electrons. The first-order valence-electron chi connectivity index (χ1n) is 8.72. The van der Waals surface area contributed by atoms with Gasteiger partial charge in [0.25, 0.3) is 11.8 Å². The second kappa shape index (κ2) is 8.71. The molecule has 0 fully saturated rings. The molecule has 3 rings (SSSR count). The minimum atomic E-state index is -0.439. The maximum Gasteiger partial charge on any atom is 0.279 e. The quantitative estimate of drug-likeness (QED) is 0.763. The predicted molar refractivity (Wildman–Crippen MR) is 99.7 cm³/mol. The highest BCUT2D eigenvalue weighted by Crippen LogP contribution is 2.29. The van der Waals surface area contributed by atoms with Gasteiger partial charge in [-0.2, -0.15) is 0 Å². The minimum absolute atomic E-state index is 0.217. The first-order valence-corrected chi connectivity index (χ1v) is 9.54. The number of fused-ring (bicyclic) bond motifs is 1. The van der Waals surface area contributed by atoms with Gasteiger partial charge in [0.2, 0.25) is 0 Å². The minimum Gasteiger partial charge on any atom is -0.490 e. The second-order valence-corrected chi connectivity index (χ2v) is 7.07. The van der Waals surface area contributed by atoms with E-state index >= 15 is 0 Å². The maximum absolute atomic E-state index is 12.2. The van der Waals surface area contributed by atoms with E-state index in [1.54, 1.807) is 18.2 Å². The summed E-state index contributed by atoms with van der Waals surface area (Å²) in [4.78, 5) is 26.0. The van der Waals surface area contributed by atoms with E-state index in [0.29, 0.717) is 23.0 Å². The van der Waals surface area contributed by atoms with Crippen LogP contribution >= 0.6 is 11.3 Å². The monoisotopic (exact) mass is 374 g/mol. The molecule has 1 aliphatic rings. The van der Waals surface area contributed by atoms with E-state index in [0.717, 1.165) is 12.8 Å². The third kappa shape index (κ3) is 4.54. The summed E-state index contributed by atoms with van der Waals surface area (Å²) in [6.45, 7) is 2.17. The summed E-state index contributed by atoms with van der Waals surface area (Å²) in [5, 5.41) is 0. The molecule has 2 aromatic rings. The fourth-order valence-electron chi connectivity index (χ4n) is 2.81. The van der Waals surface area contributed by atoms with Gasteiger partial charge in [-0.1, -0.05) is 12.1 Å². The summed E-state index contributed by atoms with van der Waals surface area (Å²) in [7, 11) is 0. The van der Waals surface area contributed by atoms with E-state index in [2.05, 4.69) is 10.9 Å². The molecule has 1 aromatic carbocycles. The molecular weight excluding hydrogens is 352 g/mol. The van der Waals surface area contributed by atoms with Gasteiger partial charge in [-0.3, -0.25) is 20.4 Å². The molecule has 6 nitrogen and oxygen atoms in total. The van der Waals surface area contributed by atoms with E-state index < -0.39 is 5.91 Å². The molecule has 0 atom stereocenters. The lowest BCUT2D eigenvalue weighted by atomic mass is 9.99. The molecule has 0 bridgehead atoms. The lowest BCUT2D eigenvalue weighted by Gasteiger charge is -2.11. The Morgan fingerprint density at radius 2 is 1.81 bits per heavy atom. The van der Waals surface area contributed by atoms with Crippen LogP contribution in [0.4, 0.5) is 0 Å². The molecule has 7 heteroatoms. The van der Waals surface area contributed by atoms with E-state index in [-0.39, 0.29) is 12.5 Å². The Hall–Kier alpha value is -2.54. The molecule has 26 heavy (non-hydrogen) atoms. The highest BCUT2D eigenvalue weighted by Gasteiger charge is 2.17. The fourth-order valence-corrected chi connectivity index (χ4v) is 3.96. The van der Waals surface area contributed by atoms with Crippen LogP contribution in [0, 0.1) is 0 Å². The van der Waals surface area contributed by atoms with Crippen LogP contribution in [0.15, 0.2) is 30.3 Å². The van der Waals surface area contributed by atoms with Crippen molar-refractivity contribution in [3.05, 3.63) is 45.6 Å². The lowest BCUT2D eigenvalue weighted by molar-refractivity contribution is -0.123. The third-order valence-corrected chi connectivity index (χ3v) is 5.28. The Bertz CT molecular complexity index is 764. The zero-order valence-electron chi connectivity index (χ0n) is 14.7. The molecule has 0 spiro atoms. The summed E-state index contributed by atoms with van der Waals surface area (Å²) in [5.74, 6) is 0.330. The average Bonchev–Trinajstić information content (AvgIpc) is 3.10. The number of hydrogen-bond donors (Lipinski definition) is 2. The maximum atomic E-state index is 12.2. The molecule has 1 aliphatic carbocycles. The van der Waals surface area contributed by atoms with Crippen molar-refractivity contribution in [2.75, 3.05) is 13.2 Å². The predicted octanol–water partition coefficient (Wildman–Crippen LogP) is 2.87. The molecule has 0 aliphatic heterocycles. The summed E-state index contributed by atoms with van der Waals surface area (Å²) in [6, 6.07) is 9.06. The van der Waals surface area contributed by atoms with Crippen molar-refractivity contribution in [3.63, 3.8) is 0 Å². The molecule has 1 heterocycles. The average molecular weight is 374 g/mol. The van der Waals surface area contributed by atoms with Crippen LogP contribution in [-0.4, -0.2) is 25.0 Å². The van der Waals surface area contributed by atoms with Crippen LogP contribution in [0.5, 0.6) is 11.5 Å². The van der Waals surface area contributed by atoms with Gasteiger partial charge >= 0.3 is 0 Å². The van der Waals surface area contributed by atoms with Crippen molar-refractivity contribution < 1.29 is 19.1 Å². The first kappa shape index (κ1) is 18.3. The topological polar surface area (TPSA) is 76.7 Å². The zero-order chi connectivity index (χ0) is 18.4. The molecule has 2 N–H and O–H groups in total. The summed E-state index contributed by atoms with van der Waals surface area (Å²) in [5.41, 5.74) is 6.09. The van der Waals surface area contributed by atoms with E-state index in [4.69, 9.17) is 9.47 Å². The van der Waals surface area contributed by atoms with E-state index in [9.17, 15) is 9.59 Å². The van der Waals surface area contributed by atoms with Crippen LogP contribution in [0.3, 0.4) is 0 Å².